The summed E-state index contributed by atoms with van der Waals surface area (Å²) in [5.74, 6) is -1.72. The lowest BCUT2D eigenvalue weighted by atomic mass is 9.91. The van der Waals surface area contributed by atoms with E-state index in [0.717, 1.165) is 31.4 Å². The molecule has 4 nitrogen and oxygen atoms in total. The Morgan fingerprint density at radius 1 is 1.19 bits per heavy atom. The van der Waals surface area contributed by atoms with Gasteiger partial charge in [0.15, 0.2) is 0 Å². The first-order valence-electron chi connectivity index (χ1n) is 8.51. The number of carbonyl (C=O) groups excluding carboxylic acids is 1. The average Bonchev–Trinajstić information content (AvgIpc) is 2.58. The fourth-order valence-corrected chi connectivity index (χ4v) is 3.21. The summed E-state index contributed by atoms with van der Waals surface area (Å²) in [5.41, 5.74) is -0.00514. The molecule has 0 bridgehead atoms. The molecule has 1 aliphatic carbocycles. The number of nitrogens with zero attached hydrogens (tertiary/aromatic N) is 1. The van der Waals surface area contributed by atoms with Crippen LogP contribution in [0, 0.1) is 11.6 Å². The number of amides is 2. The van der Waals surface area contributed by atoms with Crippen LogP contribution >= 0.6 is 23.2 Å². The van der Waals surface area contributed by atoms with Gasteiger partial charge in [0.05, 0.1) is 22.7 Å². The highest BCUT2D eigenvalue weighted by Gasteiger charge is 2.31. The van der Waals surface area contributed by atoms with E-state index >= 15 is 0 Å². The smallest absolute Gasteiger partial charge is 0.322 e. The maximum absolute atomic E-state index is 13.8. The van der Waals surface area contributed by atoms with Crippen molar-refractivity contribution in [1.29, 1.82) is 0 Å². The van der Waals surface area contributed by atoms with Crippen molar-refractivity contribution in [1.82, 2.24) is 4.90 Å². The molecule has 8 heteroatoms. The van der Waals surface area contributed by atoms with Crippen LogP contribution in [0.3, 0.4) is 0 Å². The molecule has 0 heterocycles. The van der Waals surface area contributed by atoms with E-state index in [1.54, 1.807) is 12.1 Å². The molecule has 0 unspecified atom stereocenters. The van der Waals surface area contributed by atoms with Gasteiger partial charge in [0, 0.05) is 6.04 Å². The van der Waals surface area contributed by atoms with Crippen LogP contribution in [-0.4, -0.2) is 28.6 Å². The van der Waals surface area contributed by atoms with Crippen molar-refractivity contribution >= 4 is 34.9 Å². The van der Waals surface area contributed by atoms with Crippen molar-refractivity contribution in [3.8, 4) is 0 Å². The predicted octanol–water partition coefficient (Wildman–Crippen LogP) is 5.39. The molecular weight excluding hydrogens is 397 g/mol. The SMILES string of the molecule is O=C(Nc1c(F)cccc1F)N(C[C@@H](O)c1ccc(Cl)c(Cl)c1)C1CCC1. The number of rotatable bonds is 5. The summed E-state index contributed by atoms with van der Waals surface area (Å²) >= 11 is 11.9. The molecule has 27 heavy (non-hydrogen) atoms. The lowest BCUT2D eigenvalue weighted by Gasteiger charge is -2.38. The third-order valence-corrected chi connectivity index (χ3v) is 5.41. The second-order valence-corrected chi connectivity index (χ2v) is 7.27. The van der Waals surface area contributed by atoms with E-state index in [1.807, 2.05) is 0 Å². The molecule has 0 spiro atoms. The van der Waals surface area contributed by atoms with Gasteiger partial charge in [-0.2, -0.15) is 0 Å². The zero-order chi connectivity index (χ0) is 19.6. The number of carbonyl (C=O) groups is 1. The van der Waals surface area contributed by atoms with Crippen molar-refractivity contribution in [3.63, 3.8) is 0 Å². The van der Waals surface area contributed by atoms with Gasteiger partial charge in [-0.15, -0.1) is 0 Å². The molecule has 2 aromatic carbocycles. The fourth-order valence-electron chi connectivity index (χ4n) is 2.90. The van der Waals surface area contributed by atoms with E-state index in [2.05, 4.69) is 5.32 Å². The molecule has 144 valence electrons. The fraction of sp³-hybridized carbons (Fsp3) is 0.316. The van der Waals surface area contributed by atoms with Crippen molar-refractivity contribution in [2.75, 3.05) is 11.9 Å². The maximum Gasteiger partial charge on any atom is 0.322 e. The van der Waals surface area contributed by atoms with Crippen LogP contribution in [-0.2, 0) is 0 Å². The first-order chi connectivity index (χ1) is 12.9. The van der Waals surface area contributed by atoms with Crippen LogP contribution in [0.25, 0.3) is 0 Å². The Bertz CT molecular complexity index is 826. The summed E-state index contributed by atoms with van der Waals surface area (Å²) in [7, 11) is 0. The maximum atomic E-state index is 13.8. The van der Waals surface area contributed by atoms with E-state index in [-0.39, 0.29) is 12.6 Å². The van der Waals surface area contributed by atoms with E-state index in [9.17, 15) is 18.7 Å². The molecule has 1 atom stereocenters. The number of hydrogen-bond acceptors (Lipinski definition) is 2. The van der Waals surface area contributed by atoms with E-state index in [0.29, 0.717) is 15.6 Å². The monoisotopic (exact) mass is 414 g/mol. The number of aliphatic hydroxyl groups is 1. The highest BCUT2D eigenvalue weighted by molar-refractivity contribution is 6.42. The summed E-state index contributed by atoms with van der Waals surface area (Å²) < 4.78 is 27.7. The number of urea groups is 1. The Balaban J connectivity index is 1.77. The quantitative estimate of drug-likeness (QED) is 0.688. The van der Waals surface area contributed by atoms with Crippen molar-refractivity contribution in [3.05, 3.63) is 63.6 Å². The molecule has 0 radical (unpaired) electrons. The van der Waals surface area contributed by atoms with Gasteiger partial charge in [-0.3, -0.25) is 0 Å². The average molecular weight is 415 g/mol. The number of hydrogen-bond donors (Lipinski definition) is 2. The first-order valence-corrected chi connectivity index (χ1v) is 9.27. The Morgan fingerprint density at radius 2 is 1.85 bits per heavy atom. The van der Waals surface area contributed by atoms with Crippen LogP contribution in [0.4, 0.5) is 19.3 Å². The highest BCUT2D eigenvalue weighted by Crippen LogP contribution is 2.30. The van der Waals surface area contributed by atoms with Crippen molar-refractivity contribution < 1.29 is 18.7 Å². The number of anilines is 1. The second kappa shape index (κ2) is 8.42. The normalized spacial score (nSPS) is 15.1. The largest absolute Gasteiger partial charge is 0.387 e. The van der Waals surface area contributed by atoms with Gasteiger partial charge in [-0.1, -0.05) is 35.3 Å². The number of halogens is 4. The Morgan fingerprint density at radius 3 is 2.41 bits per heavy atom. The van der Waals surface area contributed by atoms with E-state index < -0.39 is 29.5 Å². The van der Waals surface area contributed by atoms with Gasteiger partial charge in [0.1, 0.15) is 17.3 Å². The minimum Gasteiger partial charge on any atom is -0.387 e. The molecule has 0 aliphatic heterocycles. The number of aliphatic hydroxyl groups excluding tert-OH is 1. The molecule has 2 N–H and O–H groups in total. The number of para-hydroxylation sites is 1. The van der Waals surface area contributed by atoms with Crippen LogP contribution in [0.1, 0.15) is 30.9 Å². The molecule has 1 aliphatic rings. The standard InChI is InChI=1S/C19H18Cl2F2N2O2/c20-13-8-7-11(9-14(13)21)17(26)10-25(12-3-1-4-12)19(27)24-18-15(22)5-2-6-16(18)23/h2,5-9,12,17,26H,1,3-4,10H2,(H,24,27)/t17-/m1/s1. The second-order valence-electron chi connectivity index (χ2n) is 6.45. The molecule has 1 saturated carbocycles. The van der Waals surface area contributed by atoms with Gasteiger partial charge < -0.3 is 15.3 Å². The third-order valence-electron chi connectivity index (χ3n) is 4.67. The molecule has 0 aromatic heterocycles. The summed E-state index contributed by atoms with van der Waals surface area (Å²) in [5, 5.41) is 13.5. The highest BCUT2D eigenvalue weighted by atomic mass is 35.5. The van der Waals surface area contributed by atoms with Crippen LogP contribution in [0.5, 0.6) is 0 Å². The minimum atomic E-state index is -1.02. The lowest BCUT2D eigenvalue weighted by Crippen LogP contribution is -2.48. The summed E-state index contributed by atoms with van der Waals surface area (Å²) in [6.07, 6.45) is 1.46. The van der Waals surface area contributed by atoms with Gasteiger partial charge in [-0.25, -0.2) is 13.6 Å². The Labute approximate surface area is 165 Å². The van der Waals surface area contributed by atoms with Gasteiger partial charge in [0.2, 0.25) is 0 Å². The van der Waals surface area contributed by atoms with Crippen LogP contribution in [0.15, 0.2) is 36.4 Å². The molecule has 0 saturated heterocycles. The summed E-state index contributed by atoms with van der Waals surface area (Å²) in [6, 6.07) is 7.30. The van der Waals surface area contributed by atoms with Crippen LogP contribution in [0.2, 0.25) is 10.0 Å². The molecule has 1 fully saturated rings. The summed E-state index contributed by atoms with van der Waals surface area (Å²) in [4.78, 5) is 14.1. The van der Waals surface area contributed by atoms with E-state index in [1.165, 1.54) is 17.0 Å². The molecular formula is C19H18Cl2F2N2O2. The number of benzene rings is 2. The Kier molecular flexibility index (Phi) is 6.19. The molecule has 3 rings (SSSR count). The number of nitrogens with one attached hydrogen (secondary N) is 1. The zero-order valence-corrected chi connectivity index (χ0v) is 15.8. The van der Waals surface area contributed by atoms with E-state index in [4.69, 9.17) is 23.2 Å². The first kappa shape index (κ1) is 19.9. The zero-order valence-electron chi connectivity index (χ0n) is 14.3. The van der Waals surface area contributed by atoms with Gasteiger partial charge >= 0.3 is 6.03 Å². The molecule has 2 amide bonds. The van der Waals surface area contributed by atoms with Gasteiger partial charge in [-0.05, 0) is 49.1 Å². The van der Waals surface area contributed by atoms with Crippen LogP contribution < -0.4 is 5.32 Å². The van der Waals surface area contributed by atoms with Gasteiger partial charge in [0.25, 0.3) is 0 Å². The lowest BCUT2D eigenvalue weighted by molar-refractivity contribution is 0.0839. The van der Waals surface area contributed by atoms with Crippen molar-refractivity contribution in [2.24, 2.45) is 0 Å². The summed E-state index contributed by atoms with van der Waals surface area (Å²) in [6.45, 7) is -0.0372. The predicted molar refractivity (Wildman–Crippen MR) is 101 cm³/mol. The molecule has 2 aromatic rings. The Hall–Kier alpha value is -1.89. The minimum absolute atomic E-state index is 0.0372. The topological polar surface area (TPSA) is 52.6 Å². The van der Waals surface area contributed by atoms with Crippen molar-refractivity contribution in [2.45, 2.75) is 31.4 Å². The third kappa shape index (κ3) is 4.51.